The maximum atomic E-state index is 12.5. The number of amides is 1. The normalized spacial score (nSPS) is 11.6. The SMILES string of the molecule is CN(Cc1c(Br)cnn1C)C(=O)c1cccc(COCC(F)(F)F)c1. The number of alkyl halides is 3. The quantitative estimate of drug-likeness (QED) is 0.719. The lowest BCUT2D eigenvalue weighted by Crippen LogP contribution is -2.27. The molecule has 0 atom stereocenters. The first-order chi connectivity index (χ1) is 11.7. The molecule has 0 N–H and O–H groups in total. The molecule has 0 saturated heterocycles. The highest BCUT2D eigenvalue weighted by molar-refractivity contribution is 9.10. The van der Waals surface area contributed by atoms with Crippen molar-refractivity contribution in [3.63, 3.8) is 0 Å². The minimum Gasteiger partial charge on any atom is -0.367 e. The first-order valence-electron chi connectivity index (χ1n) is 7.32. The molecule has 1 aromatic carbocycles. The molecule has 0 bridgehead atoms. The number of carbonyl (C=O) groups excluding carboxylic acids is 1. The van der Waals surface area contributed by atoms with Gasteiger partial charge in [0.2, 0.25) is 0 Å². The Morgan fingerprint density at radius 3 is 2.72 bits per heavy atom. The monoisotopic (exact) mass is 419 g/mol. The summed E-state index contributed by atoms with van der Waals surface area (Å²) in [5.74, 6) is -0.245. The van der Waals surface area contributed by atoms with Crippen LogP contribution in [-0.2, 0) is 24.9 Å². The Labute approximate surface area is 151 Å². The van der Waals surface area contributed by atoms with Crippen molar-refractivity contribution in [2.75, 3.05) is 13.7 Å². The molecule has 0 fully saturated rings. The fraction of sp³-hybridized carbons (Fsp3) is 0.375. The Bertz CT molecular complexity index is 727. The van der Waals surface area contributed by atoms with E-state index in [2.05, 4.69) is 25.8 Å². The van der Waals surface area contributed by atoms with Gasteiger partial charge in [-0.3, -0.25) is 9.48 Å². The summed E-state index contributed by atoms with van der Waals surface area (Å²) in [6.07, 6.45) is -2.73. The predicted molar refractivity (Wildman–Crippen MR) is 88.9 cm³/mol. The summed E-state index contributed by atoms with van der Waals surface area (Å²) in [4.78, 5) is 14.1. The van der Waals surface area contributed by atoms with Gasteiger partial charge in [-0.2, -0.15) is 18.3 Å². The Balaban J connectivity index is 2.02. The Kier molecular flexibility index (Phi) is 6.23. The molecule has 0 aliphatic carbocycles. The van der Waals surface area contributed by atoms with E-state index in [0.29, 0.717) is 17.7 Å². The molecule has 25 heavy (non-hydrogen) atoms. The van der Waals surface area contributed by atoms with Gasteiger partial charge < -0.3 is 9.64 Å². The van der Waals surface area contributed by atoms with Crippen molar-refractivity contribution >= 4 is 21.8 Å². The zero-order valence-corrected chi connectivity index (χ0v) is 15.3. The van der Waals surface area contributed by atoms with Crippen LogP contribution in [0.15, 0.2) is 34.9 Å². The Morgan fingerprint density at radius 2 is 2.12 bits per heavy atom. The topological polar surface area (TPSA) is 47.4 Å². The van der Waals surface area contributed by atoms with Crippen molar-refractivity contribution in [2.24, 2.45) is 7.05 Å². The van der Waals surface area contributed by atoms with E-state index in [4.69, 9.17) is 0 Å². The van der Waals surface area contributed by atoms with E-state index in [1.165, 1.54) is 11.0 Å². The maximum absolute atomic E-state index is 12.5. The molecule has 0 spiro atoms. The van der Waals surface area contributed by atoms with Crippen LogP contribution in [0, 0.1) is 0 Å². The summed E-state index contributed by atoms with van der Waals surface area (Å²) in [6, 6.07) is 6.38. The van der Waals surface area contributed by atoms with Gasteiger partial charge in [0, 0.05) is 19.7 Å². The molecule has 5 nitrogen and oxygen atoms in total. The van der Waals surface area contributed by atoms with E-state index in [1.54, 1.807) is 43.2 Å². The second-order valence-electron chi connectivity index (χ2n) is 5.53. The molecule has 0 radical (unpaired) electrons. The molecule has 0 saturated carbocycles. The summed E-state index contributed by atoms with van der Waals surface area (Å²) in [5.41, 5.74) is 1.72. The summed E-state index contributed by atoms with van der Waals surface area (Å²) in [6.45, 7) is -1.19. The van der Waals surface area contributed by atoms with E-state index in [1.807, 2.05) is 0 Å². The third-order valence-corrected chi connectivity index (χ3v) is 4.12. The molecule has 9 heteroatoms. The van der Waals surface area contributed by atoms with Gasteiger partial charge in [0.1, 0.15) is 6.61 Å². The molecule has 0 aliphatic heterocycles. The number of hydrogen-bond acceptors (Lipinski definition) is 3. The zero-order valence-electron chi connectivity index (χ0n) is 13.7. The highest BCUT2D eigenvalue weighted by Crippen LogP contribution is 2.19. The number of halogens is 4. The van der Waals surface area contributed by atoms with Crippen LogP contribution in [0.2, 0.25) is 0 Å². The number of aryl methyl sites for hydroxylation is 1. The smallest absolute Gasteiger partial charge is 0.367 e. The number of carbonyl (C=O) groups is 1. The third-order valence-electron chi connectivity index (χ3n) is 3.45. The van der Waals surface area contributed by atoms with E-state index in [0.717, 1.165) is 10.2 Å². The van der Waals surface area contributed by atoms with Crippen molar-refractivity contribution in [3.8, 4) is 0 Å². The number of ether oxygens (including phenoxy) is 1. The minimum absolute atomic E-state index is 0.211. The van der Waals surface area contributed by atoms with Crippen LogP contribution in [0.5, 0.6) is 0 Å². The number of hydrogen-bond donors (Lipinski definition) is 0. The second kappa shape index (κ2) is 8.01. The van der Waals surface area contributed by atoms with Crippen LogP contribution >= 0.6 is 15.9 Å². The average molecular weight is 420 g/mol. The van der Waals surface area contributed by atoms with Crippen LogP contribution < -0.4 is 0 Å². The summed E-state index contributed by atoms with van der Waals surface area (Å²) >= 11 is 3.38. The van der Waals surface area contributed by atoms with Gasteiger partial charge in [-0.1, -0.05) is 12.1 Å². The summed E-state index contributed by atoms with van der Waals surface area (Å²) in [7, 11) is 3.42. The Morgan fingerprint density at radius 1 is 1.40 bits per heavy atom. The highest BCUT2D eigenvalue weighted by atomic mass is 79.9. The standard InChI is InChI=1S/C16H17BrF3N3O2/c1-22(8-14-13(17)7-21-23(14)2)15(24)12-5-3-4-11(6-12)9-25-10-16(18,19)20/h3-7H,8-10H2,1-2H3. The molecular weight excluding hydrogens is 403 g/mol. The van der Waals surface area contributed by atoms with Gasteiger partial charge >= 0.3 is 6.18 Å². The van der Waals surface area contributed by atoms with E-state index >= 15 is 0 Å². The molecule has 136 valence electrons. The van der Waals surface area contributed by atoms with Gasteiger partial charge in [0.25, 0.3) is 5.91 Å². The van der Waals surface area contributed by atoms with E-state index in [-0.39, 0.29) is 12.5 Å². The number of benzene rings is 1. The van der Waals surface area contributed by atoms with Crippen molar-refractivity contribution in [1.29, 1.82) is 0 Å². The fourth-order valence-electron chi connectivity index (χ4n) is 2.21. The molecular formula is C16H17BrF3N3O2. The lowest BCUT2D eigenvalue weighted by Gasteiger charge is -2.18. The van der Waals surface area contributed by atoms with E-state index in [9.17, 15) is 18.0 Å². The average Bonchev–Trinajstić information content (AvgIpc) is 2.85. The van der Waals surface area contributed by atoms with Crippen LogP contribution in [0.3, 0.4) is 0 Å². The molecule has 0 unspecified atom stereocenters. The lowest BCUT2D eigenvalue weighted by molar-refractivity contribution is -0.176. The van der Waals surface area contributed by atoms with Gasteiger partial charge in [-0.15, -0.1) is 0 Å². The third kappa shape index (κ3) is 5.57. The van der Waals surface area contributed by atoms with Crippen molar-refractivity contribution < 1.29 is 22.7 Å². The lowest BCUT2D eigenvalue weighted by atomic mass is 10.1. The summed E-state index contributed by atoms with van der Waals surface area (Å²) in [5, 5.41) is 4.09. The minimum atomic E-state index is -4.37. The molecule has 1 heterocycles. The molecule has 2 rings (SSSR count). The van der Waals surface area contributed by atoms with Gasteiger partial charge in [0.15, 0.2) is 0 Å². The van der Waals surface area contributed by atoms with Crippen molar-refractivity contribution in [1.82, 2.24) is 14.7 Å². The number of nitrogens with zero attached hydrogens (tertiary/aromatic N) is 3. The maximum Gasteiger partial charge on any atom is 0.411 e. The predicted octanol–water partition coefficient (Wildman–Crippen LogP) is 3.53. The molecule has 0 aliphatic rings. The molecule has 1 aromatic heterocycles. The fourth-order valence-corrected chi connectivity index (χ4v) is 2.68. The van der Waals surface area contributed by atoms with Crippen molar-refractivity contribution in [3.05, 3.63) is 51.8 Å². The van der Waals surface area contributed by atoms with Gasteiger partial charge in [-0.25, -0.2) is 0 Å². The van der Waals surface area contributed by atoms with Gasteiger partial charge in [-0.05, 0) is 33.6 Å². The van der Waals surface area contributed by atoms with Crippen LogP contribution in [0.4, 0.5) is 13.2 Å². The van der Waals surface area contributed by atoms with Crippen LogP contribution in [0.1, 0.15) is 21.6 Å². The zero-order chi connectivity index (χ0) is 18.6. The van der Waals surface area contributed by atoms with E-state index < -0.39 is 12.8 Å². The molecule has 2 aromatic rings. The van der Waals surface area contributed by atoms with Crippen LogP contribution in [-0.4, -0.2) is 40.4 Å². The number of rotatable bonds is 6. The first kappa shape index (κ1) is 19.5. The largest absolute Gasteiger partial charge is 0.411 e. The van der Waals surface area contributed by atoms with Gasteiger partial charge in [0.05, 0.1) is 29.5 Å². The second-order valence-corrected chi connectivity index (χ2v) is 6.39. The van der Waals surface area contributed by atoms with Crippen LogP contribution in [0.25, 0.3) is 0 Å². The Hall–Kier alpha value is -1.87. The first-order valence-corrected chi connectivity index (χ1v) is 8.12. The number of aromatic nitrogens is 2. The highest BCUT2D eigenvalue weighted by Gasteiger charge is 2.27. The molecule has 1 amide bonds. The summed E-state index contributed by atoms with van der Waals surface area (Å²) < 4.78 is 43.4. The van der Waals surface area contributed by atoms with Crippen molar-refractivity contribution in [2.45, 2.75) is 19.3 Å².